The van der Waals surface area contributed by atoms with Crippen LogP contribution in [0, 0.1) is 0 Å². The van der Waals surface area contributed by atoms with Crippen molar-refractivity contribution in [3.8, 4) is 5.75 Å². The highest BCUT2D eigenvalue weighted by Crippen LogP contribution is 2.35. The van der Waals surface area contributed by atoms with Crippen LogP contribution in [0.4, 0.5) is 8.78 Å². The second kappa shape index (κ2) is 4.52. The first kappa shape index (κ1) is 11.1. The fourth-order valence-corrected chi connectivity index (χ4v) is 1.34. The van der Waals surface area contributed by atoms with E-state index in [2.05, 4.69) is 4.98 Å². The number of ether oxygens (including phenoxy) is 1. The number of nitrogens with zero attached hydrogens (tertiary/aromatic N) is 1. The van der Waals surface area contributed by atoms with Gasteiger partial charge in [-0.15, -0.1) is 0 Å². The predicted molar refractivity (Wildman–Crippen MR) is 48.6 cm³/mol. The van der Waals surface area contributed by atoms with Crippen molar-refractivity contribution >= 4 is 11.6 Å². The van der Waals surface area contributed by atoms with Gasteiger partial charge in [-0.1, -0.05) is 11.6 Å². The number of pyridine rings is 1. The molecule has 0 amide bonds. The highest BCUT2D eigenvalue weighted by atomic mass is 35.5. The van der Waals surface area contributed by atoms with Gasteiger partial charge in [-0.3, -0.25) is 4.98 Å². The molecule has 1 heterocycles. The van der Waals surface area contributed by atoms with Crippen molar-refractivity contribution in [1.29, 1.82) is 0 Å². The molecule has 1 rings (SSSR count). The van der Waals surface area contributed by atoms with E-state index >= 15 is 0 Å². The van der Waals surface area contributed by atoms with Gasteiger partial charge in [-0.25, -0.2) is 8.78 Å². The summed E-state index contributed by atoms with van der Waals surface area (Å²) in [6.07, 6.45) is -1.51. The minimum Gasteiger partial charge on any atom is -0.495 e. The number of nitrogens with two attached hydrogens (primary N) is 1. The zero-order valence-corrected chi connectivity index (χ0v) is 8.18. The topological polar surface area (TPSA) is 48.1 Å². The molecule has 0 bridgehead atoms. The molecular weight excluding hydrogens is 214 g/mol. The second-order valence-corrected chi connectivity index (χ2v) is 2.88. The molecule has 0 fully saturated rings. The predicted octanol–water partition coefficient (Wildman–Crippen LogP) is 2.14. The maximum Gasteiger partial charge on any atom is 0.268 e. The first-order valence-electron chi connectivity index (χ1n) is 3.81. The molecule has 0 aliphatic carbocycles. The van der Waals surface area contributed by atoms with Crippen molar-refractivity contribution in [1.82, 2.24) is 4.98 Å². The molecule has 78 valence electrons. The van der Waals surface area contributed by atoms with Crippen molar-refractivity contribution in [3.63, 3.8) is 0 Å². The van der Waals surface area contributed by atoms with Gasteiger partial charge in [-0.2, -0.15) is 0 Å². The maximum atomic E-state index is 12.6. The highest BCUT2D eigenvalue weighted by Gasteiger charge is 2.20. The Kier molecular flexibility index (Phi) is 3.60. The molecule has 0 radical (unpaired) electrons. The standard InChI is InChI=1S/C8H9ClF2N2O/c1-14-5-3-13-4(2-12)7(9)6(5)8(10)11/h3,8H,2,12H2,1H3. The van der Waals surface area contributed by atoms with Gasteiger partial charge in [0.05, 0.1) is 29.6 Å². The average molecular weight is 223 g/mol. The molecule has 6 heteroatoms. The van der Waals surface area contributed by atoms with Gasteiger partial charge in [0.15, 0.2) is 0 Å². The first-order valence-corrected chi connectivity index (χ1v) is 4.19. The lowest BCUT2D eigenvalue weighted by Gasteiger charge is -2.11. The second-order valence-electron chi connectivity index (χ2n) is 2.51. The van der Waals surface area contributed by atoms with Gasteiger partial charge in [0.2, 0.25) is 0 Å². The van der Waals surface area contributed by atoms with E-state index in [4.69, 9.17) is 22.1 Å². The Hall–Kier alpha value is -0.940. The van der Waals surface area contributed by atoms with Crippen LogP contribution >= 0.6 is 11.6 Å². The highest BCUT2D eigenvalue weighted by molar-refractivity contribution is 6.32. The Morgan fingerprint density at radius 2 is 2.29 bits per heavy atom. The van der Waals surface area contributed by atoms with Crippen molar-refractivity contribution < 1.29 is 13.5 Å². The van der Waals surface area contributed by atoms with Gasteiger partial charge in [-0.05, 0) is 0 Å². The summed E-state index contributed by atoms with van der Waals surface area (Å²) in [4.78, 5) is 3.80. The number of hydrogen-bond donors (Lipinski definition) is 1. The summed E-state index contributed by atoms with van der Waals surface area (Å²) >= 11 is 5.69. The summed E-state index contributed by atoms with van der Waals surface area (Å²) < 4.78 is 29.8. The van der Waals surface area contributed by atoms with Crippen LogP contribution in [0.25, 0.3) is 0 Å². The van der Waals surface area contributed by atoms with Crippen LogP contribution in [-0.2, 0) is 6.54 Å². The molecule has 14 heavy (non-hydrogen) atoms. The molecule has 0 unspecified atom stereocenters. The third kappa shape index (κ3) is 1.93. The van der Waals surface area contributed by atoms with Crippen LogP contribution in [0.5, 0.6) is 5.75 Å². The Morgan fingerprint density at radius 1 is 1.64 bits per heavy atom. The first-order chi connectivity index (χ1) is 6.61. The fourth-order valence-electron chi connectivity index (χ4n) is 1.03. The van der Waals surface area contributed by atoms with Crippen LogP contribution in [0.15, 0.2) is 6.20 Å². The number of methoxy groups -OCH3 is 1. The van der Waals surface area contributed by atoms with E-state index in [9.17, 15) is 8.78 Å². The summed E-state index contributed by atoms with van der Waals surface area (Å²) in [5, 5.41) is -0.123. The van der Waals surface area contributed by atoms with Crippen molar-refractivity contribution in [2.24, 2.45) is 5.73 Å². The molecule has 0 saturated heterocycles. The van der Waals surface area contributed by atoms with Gasteiger partial charge < -0.3 is 10.5 Å². The lowest BCUT2D eigenvalue weighted by molar-refractivity contribution is 0.147. The maximum absolute atomic E-state index is 12.6. The fraction of sp³-hybridized carbons (Fsp3) is 0.375. The van der Waals surface area contributed by atoms with Crippen LogP contribution < -0.4 is 10.5 Å². The average Bonchev–Trinajstić information content (AvgIpc) is 2.16. The van der Waals surface area contributed by atoms with E-state index in [0.29, 0.717) is 0 Å². The molecule has 0 atom stereocenters. The normalized spacial score (nSPS) is 10.7. The molecular formula is C8H9ClF2N2O. The van der Waals surface area contributed by atoms with Crippen LogP contribution in [0.1, 0.15) is 17.7 Å². The Bertz CT molecular complexity index is 333. The molecule has 2 N–H and O–H groups in total. The van der Waals surface area contributed by atoms with Gasteiger partial charge >= 0.3 is 0 Å². The number of halogens is 3. The smallest absolute Gasteiger partial charge is 0.268 e. The lowest BCUT2D eigenvalue weighted by Crippen LogP contribution is -2.04. The summed E-state index contributed by atoms with van der Waals surface area (Å²) in [7, 11) is 1.28. The zero-order valence-electron chi connectivity index (χ0n) is 7.43. The van der Waals surface area contributed by atoms with E-state index in [0.717, 1.165) is 0 Å². The minimum atomic E-state index is -2.70. The minimum absolute atomic E-state index is 0.0164. The van der Waals surface area contributed by atoms with Crippen molar-refractivity contribution in [2.75, 3.05) is 7.11 Å². The molecule has 0 saturated carbocycles. The van der Waals surface area contributed by atoms with Crippen molar-refractivity contribution in [2.45, 2.75) is 13.0 Å². The number of rotatable bonds is 3. The molecule has 0 spiro atoms. The van der Waals surface area contributed by atoms with Gasteiger partial charge in [0.25, 0.3) is 6.43 Å². The molecule has 3 nitrogen and oxygen atoms in total. The molecule has 0 aliphatic rings. The van der Waals surface area contributed by atoms with Gasteiger partial charge in [0, 0.05) is 6.54 Å². The Balaban J connectivity index is 3.31. The zero-order chi connectivity index (χ0) is 10.7. The van der Waals surface area contributed by atoms with E-state index in [-0.39, 0.29) is 28.6 Å². The number of hydrogen-bond acceptors (Lipinski definition) is 3. The SMILES string of the molecule is COc1cnc(CN)c(Cl)c1C(F)F. The quantitative estimate of drug-likeness (QED) is 0.853. The molecule has 1 aromatic heterocycles. The summed E-state index contributed by atoms with van der Waals surface area (Å²) in [6.45, 7) is 0.0164. The third-order valence-corrected chi connectivity index (χ3v) is 2.15. The van der Waals surface area contributed by atoms with E-state index < -0.39 is 6.43 Å². The summed E-state index contributed by atoms with van der Waals surface area (Å²) in [5.41, 5.74) is 5.16. The van der Waals surface area contributed by atoms with Gasteiger partial charge in [0.1, 0.15) is 5.75 Å². The van der Waals surface area contributed by atoms with E-state index in [1.165, 1.54) is 13.3 Å². The van der Waals surface area contributed by atoms with Crippen LogP contribution in [0.2, 0.25) is 5.02 Å². The molecule has 0 aliphatic heterocycles. The van der Waals surface area contributed by atoms with E-state index in [1.54, 1.807) is 0 Å². The Morgan fingerprint density at radius 3 is 2.71 bits per heavy atom. The van der Waals surface area contributed by atoms with Crippen molar-refractivity contribution in [3.05, 3.63) is 22.5 Å². The summed E-state index contributed by atoms with van der Waals surface area (Å²) in [6, 6.07) is 0. The summed E-state index contributed by atoms with van der Waals surface area (Å²) in [5.74, 6) is -0.0257. The largest absolute Gasteiger partial charge is 0.495 e. The van der Waals surface area contributed by atoms with Crippen LogP contribution in [0.3, 0.4) is 0 Å². The number of aromatic nitrogens is 1. The lowest BCUT2D eigenvalue weighted by atomic mass is 10.2. The van der Waals surface area contributed by atoms with Crippen LogP contribution in [-0.4, -0.2) is 12.1 Å². The third-order valence-electron chi connectivity index (χ3n) is 1.72. The molecule has 0 aromatic carbocycles. The monoisotopic (exact) mass is 222 g/mol. The molecule has 1 aromatic rings. The number of alkyl halides is 2. The van der Waals surface area contributed by atoms with E-state index in [1.807, 2.05) is 0 Å². The Labute approximate surface area is 84.8 Å².